The van der Waals surface area contributed by atoms with E-state index in [1.807, 2.05) is 32.9 Å². The molecule has 1 aromatic carbocycles. The fourth-order valence-corrected chi connectivity index (χ4v) is 3.07. The third-order valence-corrected chi connectivity index (χ3v) is 4.46. The number of nitrogens with zero attached hydrogens (tertiary/aromatic N) is 3. The van der Waals surface area contributed by atoms with Crippen LogP contribution in [0.2, 0.25) is 0 Å². The Labute approximate surface area is 152 Å². The molecule has 5 nitrogen and oxygen atoms in total. The first-order chi connectivity index (χ1) is 12.5. The number of hydrogen-bond donors (Lipinski definition) is 1. The Balaban J connectivity index is 1.90. The van der Waals surface area contributed by atoms with E-state index in [4.69, 9.17) is 0 Å². The maximum Gasteiger partial charge on any atom is 0.220 e. The molecule has 0 aliphatic rings. The molecule has 136 valence electrons. The number of benzene rings is 1. The lowest BCUT2D eigenvalue weighted by Gasteiger charge is -2.11. The van der Waals surface area contributed by atoms with Crippen LogP contribution in [-0.2, 0) is 11.2 Å². The Morgan fingerprint density at radius 3 is 2.81 bits per heavy atom. The second-order valence-electron chi connectivity index (χ2n) is 6.42. The highest BCUT2D eigenvalue weighted by Gasteiger charge is 2.14. The number of fused-ring (bicyclic) bond motifs is 1. The lowest BCUT2D eigenvalue weighted by Crippen LogP contribution is -2.24. The quantitative estimate of drug-likeness (QED) is 0.736. The highest BCUT2D eigenvalue weighted by Crippen LogP contribution is 2.23. The average molecular weight is 354 g/mol. The molecule has 0 radical (unpaired) electrons. The first-order valence-corrected chi connectivity index (χ1v) is 8.88. The van der Waals surface area contributed by atoms with E-state index in [1.54, 1.807) is 10.6 Å². The molecule has 1 N–H and O–H groups in total. The maximum absolute atomic E-state index is 13.5. The molecule has 0 saturated carbocycles. The number of carbonyl (C=O) groups is 1. The standard InChI is InChI=1S/C20H23FN4O/c1-4-10-22-20(26)9-8-17-13(2)23-19-12-18(24-25(19)14(17)3)15-6-5-7-16(21)11-15/h5-7,11-12H,4,8-10H2,1-3H3,(H,22,26). The second-order valence-corrected chi connectivity index (χ2v) is 6.42. The van der Waals surface area contributed by atoms with Crippen LogP contribution in [0.3, 0.4) is 0 Å². The number of nitrogens with one attached hydrogen (secondary N) is 1. The van der Waals surface area contributed by atoms with Crippen molar-refractivity contribution in [1.82, 2.24) is 19.9 Å². The number of rotatable bonds is 6. The number of hydrogen-bond acceptors (Lipinski definition) is 3. The zero-order valence-corrected chi connectivity index (χ0v) is 15.3. The van der Waals surface area contributed by atoms with E-state index in [0.717, 1.165) is 29.0 Å². The third-order valence-electron chi connectivity index (χ3n) is 4.46. The molecular formula is C20H23FN4O. The van der Waals surface area contributed by atoms with Crippen molar-refractivity contribution in [3.8, 4) is 11.3 Å². The molecule has 26 heavy (non-hydrogen) atoms. The summed E-state index contributed by atoms with van der Waals surface area (Å²) in [5.41, 5.74) is 4.99. The van der Waals surface area contributed by atoms with Crippen molar-refractivity contribution >= 4 is 11.6 Å². The normalized spacial score (nSPS) is 11.1. The Bertz CT molecular complexity index is 948. The summed E-state index contributed by atoms with van der Waals surface area (Å²) in [6.45, 7) is 6.65. The van der Waals surface area contributed by atoms with Gasteiger partial charge in [0.25, 0.3) is 0 Å². The SMILES string of the molecule is CCCNC(=O)CCc1c(C)nc2cc(-c3cccc(F)c3)nn2c1C. The van der Waals surface area contributed by atoms with E-state index in [0.29, 0.717) is 30.6 Å². The molecule has 3 aromatic rings. The first-order valence-electron chi connectivity index (χ1n) is 8.88. The maximum atomic E-state index is 13.5. The molecule has 0 spiro atoms. The average Bonchev–Trinajstić information content (AvgIpc) is 3.04. The van der Waals surface area contributed by atoms with Gasteiger partial charge in [-0.15, -0.1) is 0 Å². The Hall–Kier alpha value is -2.76. The summed E-state index contributed by atoms with van der Waals surface area (Å²) in [6, 6.07) is 8.22. The van der Waals surface area contributed by atoms with Gasteiger partial charge in [-0.05, 0) is 44.4 Å². The van der Waals surface area contributed by atoms with Crippen molar-refractivity contribution in [3.63, 3.8) is 0 Å². The number of halogens is 1. The molecular weight excluding hydrogens is 331 g/mol. The molecule has 0 aliphatic heterocycles. The number of carbonyl (C=O) groups excluding carboxylic acids is 1. The molecule has 0 saturated heterocycles. The van der Waals surface area contributed by atoms with Crippen LogP contribution in [0.1, 0.15) is 36.7 Å². The minimum Gasteiger partial charge on any atom is -0.356 e. The molecule has 0 fully saturated rings. The zero-order valence-electron chi connectivity index (χ0n) is 15.3. The van der Waals surface area contributed by atoms with Gasteiger partial charge in [0.15, 0.2) is 5.65 Å². The first kappa shape index (κ1) is 18.0. The van der Waals surface area contributed by atoms with Crippen molar-refractivity contribution in [2.45, 2.75) is 40.0 Å². The Morgan fingerprint density at radius 2 is 2.08 bits per heavy atom. The fourth-order valence-electron chi connectivity index (χ4n) is 3.07. The largest absolute Gasteiger partial charge is 0.356 e. The van der Waals surface area contributed by atoms with Crippen LogP contribution in [0, 0.1) is 19.7 Å². The monoisotopic (exact) mass is 354 g/mol. The molecule has 6 heteroatoms. The van der Waals surface area contributed by atoms with Crippen LogP contribution in [0.25, 0.3) is 16.9 Å². The highest BCUT2D eigenvalue weighted by atomic mass is 19.1. The minimum atomic E-state index is -0.292. The predicted molar refractivity (Wildman–Crippen MR) is 99.5 cm³/mol. The van der Waals surface area contributed by atoms with E-state index in [1.165, 1.54) is 12.1 Å². The van der Waals surface area contributed by atoms with Crippen LogP contribution < -0.4 is 5.32 Å². The van der Waals surface area contributed by atoms with E-state index in [-0.39, 0.29) is 11.7 Å². The van der Waals surface area contributed by atoms with Crippen LogP contribution in [0.4, 0.5) is 4.39 Å². The molecule has 2 aromatic heterocycles. The molecule has 0 atom stereocenters. The third kappa shape index (κ3) is 3.74. The van der Waals surface area contributed by atoms with Crippen LogP contribution in [0.5, 0.6) is 0 Å². The van der Waals surface area contributed by atoms with Crippen molar-refractivity contribution in [2.24, 2.45) is 0 Å². The summed E-state index contributed by atoms with van der Waals surface area (Å²) in [5.74, 6) is -0.245. The Morgan fingerprint density at radius 1 is 1.27 bits per heavy atom. The lowest BCUT2D eigenvalue weighted by molar-refractivity contribution is -0.121. The van der Waals surface area contributed by atoms with E-state index in [9.17, 15) is 9.18 Å². The second kappa shape index (κ2) is 7.64. The number of aryl methyl sites for hydroxylation is 2. The lowest BCUT2D eigenvalue weighted by atomic mass is 10.1. The highest BCUT2D eigenvalue weighted by molar-refractivity contribution is 5.76. The summed E-state index contributed by atoms with van der Waals surface area (Å²) < 4.78 is 15.3. The van der Waals surface area contributed by atoms with E-state index < -0.39 is 0 Å². The molecule has 3 rings (SSSR count). The number of amides is 1. The Kier molecular flexibility index (Phi) is 5.30. The fraction of sp³-hybridized carbons (Fsp3) is 0.350. The van der Waals surface area contributed by atoms with E-state index >= 15 is 0 Å². The summed E-state index contributed by atoms with van der Waals surface area (Å²) in [4.78, 5) is 16.5. The molecule has 2 heterocycles. The van der Waals surface area contributed by atoms with Gasteiger partial charge in [-0.2, -0.15) is 5.10 Å². The van der Waals surface area contributed by atoms with E-state index in [2.05, 4.69) is 15.4 Å². The molecule has 1 amide bonds. The molecule has 0 aliphatic carbocycles. The summed E-state index contributed by atoms with van der Waals surface area (Å²) in [7, 11) is 0. The molecule has 0 unspecified atom stereocenters. The van der Waals surface area contributed by atoms with Gasteiger partial charge in [-0.25, -0.2) is 13.9 Å². The van der Waals surface area contributed by atoms with Crippen molar-refractivity contribution < 1.29 is 9.18 Å². The van der Waals surface area contributed by atoms with Crippen LogP contribution in [-0.4, -0.2) is 27.0 Å². The zero-order chi connectivity index (χ0) is 18.7. The van der Waals surface area contributed by atoms with Gasteiger partial charge in [-0.1, -0.05) is 19.1 Å². The van der Waals surface area contributed by atoms with Crippen molar-refractivity contribution in [2.75, 3.05) is 6.54 Å². The van der Waals surface area contributed by atoms with Crippen LogP contribution >= 0.6 is 0 Å². The summed E-state index contributed by atoms with van der Waals surface area (Å²) in [6.07, 6.45) is 1.96. The summed E-state index contributed by atoms with van der Waals surface area (Å²) >= 11 is 0. The van der Waals surface area contributed by atoms with Gasteiger partial charge in [0, 0.05) is 36.0 Å². The number of aromatic nitrogens is 3. The smallest absolute Gasteiger partial charge is 0.220 e. The topological polar surface area (TPSA) is 59.3 Å². The van der Waals surface area contributed by atoms with Crippen molar-refractivity contribution in [1.29, 1.82) is 0 Å². The van der Waals surface area contributed by atoms with Crippen LogP contribution in [0.15, 0.2) is 30.3 Å². The van der Waals surface area contributed by atoms with Gasteiger partial charge < -0.3 is 5.32 Å². The van der Waals surface area contributed by atoms with Gasteiger partial charge >= 0.3 is 0 Å². The van der Waals surface area contributed by atoms with Gasteiger partial charge in [0.05, 0.1) is 5.69 Å². The summed E-state index contributed by atoms with van der Waals surface area (Å²) in [5, 5.41) is 7.48. The van der Waals surface area contributed by atoms with Gasteiger partial charge in [0.2, 0.25) is 5.91 Å². The van der Waals surface area contributed by atoms with Gasteiger partial charge in [0.1, 0.15) is 5.82 Å². The van der Waals surface area contributed by atoms with Crippen molar-refractivity contribution in [3.05, 3.63) is 53.1 Å². The predicted octanol–water partition coefficient (Wildman–Crippen LogP) is 3.61. The minimum absolute atomic E-state index is 0.0478. The van der Waals surface area contributed by atoms with Gasteiger partial charge in [-0.3, -0.25) is 4.79 Å². The molecule has 0 bridgehead atoms.